The minimum absolute atomic E-state index is 0.0485. The summed E-state index contributed by atoms with van der Waals surface area (Å²) in [6, 6.07) is 4.03. The number of aliphatic hydroxyl groups is 2. The molecule has 0 saturated heterocycles. The Morgan fingerprint density at radius 3 is 2.39 bits per heavy atom. The van der Waals surface area contributed by atoms with Gasteiger partial charge in [0.25, 0.3) is 0 Å². The van der Waals surface area contributed by atoms with Gasteiger partial charge in [0.15, 0.2) is 0 Å². The van der Waals surface area contributed by atoms with Crippen LogP contribution < -0.4 is 0 Å². The molecule has 0 aliphatic rings. The third-order valence-corrected chi connectivity index (χ3v) is 3.73. The summed E-state index contributed by atoms with van der Waals surface area (Å²) >= 11 is 5.93. The minimum atomic E-state index is -0.922. The highest BCUT2D eigenvalue weighted by atomic mass is 35.5. The lowest BCUT2D eigenvalue weighted by molar-refractivity contribution is -0.0187. The highest BCUT2D eigenvalue weighted by Gasteiger charge is 2.24. The molecule has 4 heteroatoms. The smallest absolute Gasteiger partial charge is 0.123 e. The van der Waals surface area contributed by atoms with Gasteiger partial charge in [-0.05, 0) is 29.7 Å². The van der Waals surface area contributed by atoms with Crippen molar-refractivity contribution in [2.45, 2.75) is 45.3 Å². The molecule has 1 aromatic rings. The van der Waals surface area contributed by atoms with Gasteiger partial charge in [0.05, 0.1) is 12.2 Å². The van der Waals surface area contributed by atoms with Crippen molar-refractivity contribution >= 4 is 11.6 Å². The molecule has 102 valence electrons. The first kappa shape index (κ1) is 15.4. The Balaban J connectivity index is 2.74. The maximum atomic E-state index is 13.1. The van der Waals surface area contributed by atoms with Crippen LogP contribution >= 0.6 is 11.6 Å². The van der Waals surface area contributed by atoms with Crippen LogP contribution in [0.4, 0.5) is 4.39 Å². The highest BCUT2D eigenvalue weighted by molar-refractivity contribution is 6.31. The summed E-state index contributed by atoms with van der Waals surface area (Å²) in [7, 11) is 0. The van der Waals surface area contributed by atoms with Crippen molar-refractivity contribution in [1.82, 2.24) is 0 Å². The largest absolute Gasteiger partial charge is 0.390 e. The molecule has 2 atom stereocenters. The van der Waals surface area contributed by atoms with Gasteiger partial charge in [-0.1, -0.05) is 38.3 Å². The van der Waals surface area contributed by atoms with E-state index in [2.05, 4.69) is 0 Å². The summed E-state index contributed by atoms with van der Waals surface area (Å²) < 4.78 is 13.1. The topological polar surface area (TPSA) is 40.5 Å². The van der Waals surface area contributed by atoms with Gasteiger partial charge in [0.1, 0.15) is 5.82 Å². The minimum Gasteiger partial charge on any atom is -0.390 e. The fourth-order valence-electron chi connectivity index (χ4n) is 2.13. The third-order valence-electron chi connectivity index (χ3n) is 3.36. The Hall–Kier alpha value is -0.640. The molecule has 0 bridgehead atoms. The SMILES string of the molecule is CCC(CC)C(O)C(O)Cc1cc(F)ccc1Cl. The molecule has 1 rings (SSSR count). The average molecular weight is 275 g/mol. The molecule has 18 heavy (non-hydrogen) atoms. The molecule has 1 aromatic carbocycles. The fraction of sp³-hybridized carbons (Fsp3) is 0.571. The van der Waals surface area contributed by atoms with E-state index in [1.54, 1.807) is 0 Å². The van der Waals surface area contributed by atoms with Crippen LogP contribution in [-0.4, -0.2) is 22.4 Å². The van der Waals surface area contributed by atoms with E-state index in [-0.39, 0.29) is 12.3 Å². The second kappa shape index (κ2) is 7.07. The lowest BCUT2D eigenvalue weighted by Crippen LogP contribution is -2.34. The normalized spacial score (nSPS) is 14.8. The van der Waals surface area contributed by atoms with Gasteiger partial charge in [-0.2, -0.15) is 0 Å². The molecule has 0 aromatic heterocycles. The maximum absolute atomic E-state index is 13.1. The van der Waals surface area contributed by atoms with Crippen molar-refractivity contribution in [2.24, 2.45) is 5.92 Å². The molecule has 0 amide bonds. The number of halogens is 2. The van der Waals surface area contributed by atoms with Gasteiger partial charge < -0.3 is 10.2 Å². The van der Waals surface area contributed by atoms with E-state index in [4.69, 9.17) is 11.6 Å². The second-order valence-corrected chi connectivity index (χ2v) is 4.98. The van der Waals surface area contributed by atoms with E-state index in [1.807, 2.05) is 13.8 Å². The van der Waals surface area contributed by atoms with Gasteiger partial charge in [-0.15, -0.1) is 0 Å². The summed E-state index contributed by atoms with van der Waals surface area (Å²) in [5.74, 6) is -0.342. The van der Waals surface area contributed by atoms with E-state index >= 15 is 0 Å². The first-order valence-corrected chi connectivity index (χ1v) is 6.67. The van der Waals surface area contributed by atoms with Crippen molar-refractivity contribution in [1.29, 1.82) is 0 Å². The summed E-state index contributed by atoms with van der Waals surface area (Å²) in [6.07, 6.45) is 0.0272. The lowest BCUT2D eigenvalue weighted by atomic mass is 9.90. The van der Waals surface area contributed by atoms with E-state index in [9.17, 15) is 14.6 Å². The Morgan fingerprint density at radius 2 is 1.83 bits per heavy atom. The standard InChI is InChI=1S/C14H20ClFO2/c1-3-9(4-2)14(18)13(17)8-10-7-11(16)5-6-12(10)15/h5-7,9,13-14,17-18H,3-4,8H2,1-2H3. The van der Waals surface area contributed by atoms with Crippen molar-refractivity contribution < 1.29 is 14.6 Å². The number of aliphatic hydroxyl groups excluding tert-OH is 2. The molecule has 0 radical (unpaired) electrons. The predicted molar refractivity (Wildman–Crippen MR) is 71.2 cm³/mol. The number of hydrogen-bond donors (Lipinski definition) is 2. The molecule has 0 aliphatic heterocycles. The van der Waals surface area contributed by atoms with E-state index in [0.29, 0.717) is 10.6 Å². The third kappa shape index (κ3) is 3.94. The Kier molecular flexibility index (Phi) is 6.06. The molecular weight excluding hydrogens is 255 g/mol. The highest BCUT2D eigenvalue weighted by Crippen LogP contribution is 2.22. The molecular formula is C14H20ClFO2. The van der Waals surface area contributed by atoms with Crippen molar-refractivity contribution in [3.63, 3.8) is 0 Å². The van der Waals surface area contributed by atoms with Crippen molar-refractivity contribution in [3.05, 3.63) is 34.6 Å². The summed E-state index contributed by atoms with van der Waals surface area (Å²) in [6.45, 7) is 3.94. The average Bonchev–Trinajstić information content (AvgIpc) is 2.35. The number of hydrogen-bond acceptors (Lipinski definition) is 2. The summed E-state index contributed by atoms with van der Waals surface area (Å²) in [5, 5.41) is 20.4. The van der Waals surface area contributed by atoms with Crippen LogP contribution in [0, 0.1) is 11.7 Å². The Morgan fingerprint density at radius 1 is 1.22 bits per heavy atom. The van der Waals surface area contributed by atoms with Crippen LogP contribution in [0.1, 0.15) is 32.3 Å². The van der Waals surface area contributed by atoms with Gasteiger partial charge in [-0.25, -0.2) is 4.39 Å². The van der Waals surface area contributed by atoms with Crippen molar-refractivity contribution in [3.8, 4) is 0 Å². The zero-order valence-electron chi connectivity index (χ0n) is 10.7. The number of benzene rings is 1. The van der Waals surface area contributed by atoms with Crippen molar-refractivity contribution in [2.75, 3.05) is 0 Å². The molecule has 0 heterocycles. The van der Waals surface area contributed by atoms with E-state index < -0.39 is 18.0 Å². The molecule has 0 spiro atoms. The molecule has 2 unspecified atom stereocenters. The quantitative estimate of drug-likeness (QED) is 0.836. The molecule has 0 aliphatic carbocycles. The van der Waals surface area contributed by atoms with Crippen LogP contribution in [0.25, 0.3) is 0 Å². The van der Waals surface area contributed by atoms with Gasteiger partial charge >= 0.3 is 0 Å². The van der Waals surface area contributed by atoms with E-state index in [1.165, 1.54) is 18.2 Å². The molecule has 2 nitrogen and oxygen atoms in total. The summed E-state index contributed by atoms with van der Waals surface area (Å²) in [4.78, 5) is 0. The zero-order valence-corrected chi connectivity index (χ0v) is 11.5. The molecule has 2 N–H and O–H groups in total. The van der Waals surface area contributed by atoms with Crippen LogP contribution in [0.5, 0.6) is 0 Å². The second-order valence-electron chi connectivity index (χ2n) is 4.57. The monoisotopic (exact) mass is 274 g/mol. The van der Waals surface area contributed by atoms with Gasteiger partial charge in [0, 0.05) is 11.4 Å². The fourth-order valence-corrected chi connectivity index (χ4v) is 2.33. The van der Waals surface area contributed by atoms with Crippen LogP contribution in [0.2, 0.25) is 5.02 Å². The van der Waals surface area contributed by atoms with Crippen LogP contribution in [0.3, 0.4) is 0 Å². The van der Waals surface area contributed by atoms with Crippen LogP contribution in [0.15, 0.2) is 18.2 Å². The molecule has 0 fully saturated rings. The maximum Gasteiger partial charge on any atom is 0.123 e. The van der Waals surface area contributed by atoms with Gasteiger partial charge in [0.2, 0.25) is 0 Å². The first-order valence-electron chi connectivity index (χ1n) is 6.29. The Bertz CT molecular complexity index is 380. The Labute approximate surface area is 112 Å². The zero-order chi connectivity index (χ0) is 13.7. The van der Waals surface area contributed by atoms with Gasteiger partial charge in [-0.3, -0.25) is 0 Å². The summed E-state index contributed by atoms with van der Waals surface area (Å²) in [5.41, 5.74) is 0.522. The lowest BCUT2D eigenvalue weighted by Gasteiger charge is -2.25. The van der Waals surface area contributed by atoms with E-state index in [0.717, 1.165) is 12.8 Å². The predicted octanol–water partition coefficient (Wildman–Crippen LogP) is 3.18. The molecule has 0 saturated carbocycles. The first-order chi connectivity index (χ1) is 8.49. The number of rotatable bonds is 6. The van der Waals surface area contributed by atoms with Crippen LogP contribution in [-0.2, 0) is 6.42 Å².